The third-order valence-electron chi connectivity index (χ3n) is 7.15. The summed E-state index contributed by atoms with van der Waals surface area (Å²) in [4.78, 5) is 104. The standard InChI is InChI=1S/C30H45N8O11P/c1-17(2)10-22(34-25(41)14-38(19(4)40)13-20-8-6-5-7-9-20)28(43)35-23(11-21-12-32-16-33-21)29(44)36-24(15-39)30(45)37-26(27(31)42)18(3)49-50(46,47)48/h5-9,12,16-18,22-24,26,39H,10-11,13-15H2,1-4H3,(H2,31,42)(H,32,33)(H,34,41)(H,35,43)(H,36,44)(H,37,45)(H2,46,47,48)/t18-,22+,23+,24+,26+/m1/s1. The number of hydrogen-bond donors (Lipinski definition) is 9. The number of phosphoric acid groups is 1. The highest BCUT2D eigenvalue weighted by atomic mass is 31.2. The van der Waals surface area contributed by atoms with Crippen LogP contribution in [0.3, 0.4) is 0 Å². The fourth-order valence-corrected chi connectivity index (χ4v) is 5.26. The molecule has 0 spiro atoms. The van der Waals surface area contributed by atoms with Crippen molar-refractivity contribution in [2.45, 2.75) is 77.4 Å². The van der Waals surface area contributed by atoms with Gasteiger partial charge in [0.1, 0.15) is 24.2 Å². The van der Waals surface area contributed by atoms with Crippen molar-refractivity contribution < 1.29 is 52.7 Å². The van der Waals surface area contributed by atoms with Crippen molar-refractivity contribution >= 4 is 43.3 Å². The molecule has 19 nitrogen and oxygen atoms in total. The van der Waals surface area contributed by atoms with E-state index in [0.717, 1.165) is 12.5 Å². The molecule has 0 fully saturated rings. The highest BCUT2D eigenvalue weighted by molar-refractivity contribution is 7.46. The molecule has 0 saturated heterocycles. The van der Waals surface area contributed by atoms with Gasteiger partial charge in [0.25, 0.3) is 0 Å². The highest BCUT2D eigenvalue weighted by Gasteiger charge is 2.35. The maximum Gasteiger partial charge on any atom is 0.469 e. The summed E-state index contributed by atoms with van der Waals surface area (Å²) in [7, 11) is -5.09. The minimum absolute atomic E-state index is 0.101. The molecule has 0 aliphatic carbocycles. The number of benzene rings is 1. The van der Waals surface area contributed by atoms with Crippen molar-refractivity contribution in [2.75, 3.05) is 13.2 Å². The van der Waals surface area contributed by atoms with Crippen molar-refractivity contribution in [1.82, 2.24) is 36.1 Å². The second-order valence-corrected chi connectivity index (χ2v) is 13.1. The van der Waals surface area contributed by atoms with Gasteiger partial charge in [0.05, 0.1) is 31.3 Å². The molecule has 2 aromatic rings. The van der Waals surface area contributed by atoms with Crippen molar-refractivity contribution in [3.63, 3.8) is 0 Å². The molecule has 0 aliphatic rings. The summed E-state index contributed by atoms with van der Waals surface area (Å²) >= 11 is 0. The molecule has 0 unspecified atom stereocenters. The van der Waals surface area contributed by atoms with E-state index in [-0.39, 0.29) is 37.8 Å². The number of nitrogens with two attached hydrogens (primary N) is 1. The Morgan fingerprint density at radius 2 is 1.54 bits per heavy atom. The molecule has 1 heterocycles. The number of hydrogen-bond acceptors (Lipinski definition) is 10. The average Bonchev–Trinajstić information content (AvgIpc) is 3.53. The van der Waals surface area contributed by atoms with Crippen molar-refractivity contribution in [1.29, 1.82) is 0 Å². The number of aromatic nitrogens is 2. The topological polar surface area (TPSA) is 295 Å². The van der Waals surface area contributed by atoms with Crippen LogP contribution in [0.15, 0.2) is 42.9 Å². The summed E-state index contributed by atoms with van der Waals surface area (Å²) in [6.45, 7) is 4.82. The van der Waals surface area contributed by atoms with Gasteiger partial charge in [-0.05, 0) is 24.8 Å². The number of carbonyl (C=O) groups is 6. The zero-order valence-electron chi connectivity index (χ0n) is 28.1. The summed E-state index contributed by atoms with van der Waals surface area (Å²) in [5.41, 5.74) is 6.38. The van der Waals surface area contributed by atoms with Crippen LogP contribution < -0.4 is 27.0 Å². The van der Waals surface area contributed by atoms with Gasteiger partial charge in [-0.15, -0.1) is 0 Å². The molecule has 0 saturated carbocycles. The number of nitrogens with one attached hydrogen (secondary N) is 5. The Hall–Kier alpha value is -4.68. The average molecular weight is 725 g/mol. The molecule has 276 valence electrons. The van der Waals surface area contributed by atoms with E-state index in [9.17, 15) is 38.4 Å². The number of aliphatic hydroxyl groups excluding tert-OH is 1. The number of amides is 6. The van der Waals surface area contributed by atoms with Gasteiger partial charge in [-0.1, -0.05) is 44.2 Å². The van der Waals surface area contributed by atoms with Crippen molar-refractivity contribution in [3.8, 4) is 0 Å². The number of rotatable bonds is 20. The molecular formula is C30H45N8O11P. The largest absolute Gasteiger partial charge is 0.469 e. The lowest BCUT2D eigenvalue weighted by Gasteiger charge is -2.27. The van der Waals surface area contributed by atoms with Gasteiger partial charge >= 0.3 is 7.82 Å². The first-order chi connectivity index (χ1) is 23.4. The zero-order valence-corrected chi connectivity index (χ0v) is 29.0. The first kappa shape index (κ1) is 41.5. The van der Waals surface area contributed by atoms with E-state index in [1.807, 2.05) is 19.9 Å². The van der Waals surface area contributed by atoms with Gasteiger partial charge in [0.15, 0.2) is 0 Å². The van der Waals surface area contributed by atoms with Crippen LogP contribution in [0.4, 0.5) is 0 Å². The number of primary amides is 1. The van der Waals surface area contributed by atoms with Crippen LogP contribution in [0.1, 0.15) is 45.4 Å². The first-order valence-corrected chi connectivity index (χ1v) is 17.0. The van der Waals surface area contributed by atoms with Crippen LogP contribution in [-0.4, -0.2) is 109 Å². The Labute approximate surface area is 288 Å². The van der Waals surface area contributed by atoms with E-state index in [4.69, 9.17) is 15.5 Å². The molecule has 5 atom stereocenters. The number of aliphatic hydroxyl groups is 1. The second kappa shape index (κ2) is 19.5. The molecule has 6 amide bonds. The molecule has 10 N–H and O–H groups in total. The molecule has 0 aliphatic heterocycles. The number of aromatic amines is 1. The van der Waals surface area contributed by atoms with E-state index < -0.39 is 74.2 Å². The number of H-pyrrole nitrogens is 1. The maximum atomic E-state index is 13.6. The van der Waals surface area contributed by atoms with Crippen LogP contribution in [0.2, 0.25) is 0 Å². The van der Waals surface area contributed by atoms with E-state index >= 15 is 0 Å². The van der Waals surface area contributed by atoms with E-state index in [2.05, 4.69) is 35.8 Å². The van der Waals surface area contributed by atoms with Gasteiger partial charge in [0.2, 0.25) is 35.4 Å². The van der Waals surface area contributed by atoms with Gasteiger partial charge in [-0.3, -0.25) is 33.3 Å². The number of nitrogens with zero attached hydrogens (tertiary/aromatic N) is 2. The zero-order chi connectivity index (χ0) is 37.6. The number of phosphoric ester groups is 1. The Morgan fingerprint density at radius 1 is 0.940 bits per heavy atom. The third kappa shape index (κ3) is 14.4. The van der Waals surface area contributed by atoms with Gasteiger partial charge in [0, 0.05) is 26.1 Å². The predicted molar refractivity (Wildman–Crippen MR) is 176 cm³/mol. The minimum atomic E-state index is -5.09. The number of imidazole rings is 1. The number of carbonyl (C=O) groups excluding carboxylic acids is 6. The molecule has 0 bridgehead atoms. The molecule has 1 aromatic heterocycles. The van der Waals surface area contributed by atoms with E-state index in [0.29, 0.717) is 5.69 Å². The fourth-order valence-electron chi connectivity index (χ4n) is 4.71. The Bertz CT molecular complexity index is 1500. The van der Waals surface area contributed by atoms with Crippen molar-refractivity contribution in [2.24, 2.45) is 11.7 Å². The molecular weight excluding hydrogens is 679 g/mol. The minimum Gasteiger partial charge on any atom is -0.394 e. The van der Waals surface area contributed by atoms with Gasteiger partial charge < -0.3 is 51.8 Å². The molecule has 20 heteroatoms. The lowest BCUT2D eigenvalue weighted by molar-refractivity contribution is -0.137. The Kier molecular flexibility index (Phi) is 16.2. The lowest BCUT2D eigenvalue weighted by atomic mass is 10.0. The van der Waals surface area contributed by atoms with Crippen LogP contribution >= 0.6 is 7.82 Å². The molecule has 2 rings (SSSR count). The van der Waals surface area contributed by atoms with Gasteiger partial charge in [-0.25, -0.2) is 9.55 Å². The summed E-state index contributed by atoms with van der Waals surface area (Å²) in [5.74, 6) is -5.20. The Morgan fingerprint density at radius 3 is 2.06 bits per heavy atom. The SMILES string of the molecule is CC(=O)N(CC(=O)N[C@@H](CC(C)C)C(=O)N[C@@H](Cc1c[nH]cn1)C(=O)N[C@@H](CO)C(=O)N[C@H](C(N)=O)[C@@H](C)OP(=O)(O)O)Cc1ccccc1. The summed E-state index contributed by atoms with van der Waals surface area (Å²) in [6, 6.07) is 2.96. The highest BCUT2D eigenvalue weighted by Crippen LogP contribution is 2.38. The normalized spacial score (nSPS) is 14.4. The fraction of sp³-hybridized carbons (Fsp3) is 0.500. The van der Waals surface area contributed by atoms with Crippen LogP contribution in [0.25, 0.3) is 0 Å². The van der Waals surface area contributed by atoms with Gasteiger partial charge in [-0.2, -0.15) is 0 Å². The third-order valence-corrected chi connectivity index (χ3v) is 7.76. The predicted octanol–water partition coefficient (Wildman–Crippen LogP) is -2.04. The van der Waals surface area contributed by atoms with Crippen LogP contribution in [-0.2, 0) is 50.8 Å². The Balaban J connectivity index is 2.22. The summed E-state index contributed by atoms with van der Waals surface area (Å²) < 4.78 is 15.6. The molecule has 1 aromatic carbocycles. The monoisotopic (exact) mass is 724 g/mol. The molecule has 0 radical (unpaired) electrons. The second-order valence-electron chi connectivity index (χ2n) is 11.9. The first-order valence-electron chi connectivity index (χ1n) is 15.5. The van der Waals surface area contributed by atoms with E-state index in [1.54, 1.807) is 24.3 Å². The smallest absolute Gasteiger partial charge is 0.394 e. The summed E-state index contributed by atoms with van der Waals surface area (Å²) in [6.07, 6.45) is 1.14. The van der Waals surface area contributed by atoms with Crippen molar-refractivity contribution in [3.05, 3.63) is 54.1 Å². The maximum absolute atomic E-state index is 13.6. The summed E-state index contributed by atoms with van der Waals surface area (Å²) in [5, 5.41) is 19.5. The lowest BCUT2D eigenvalue weighted by Crippen LogP contribution is -2.60. The van der Waals surface area contributed by atoms with Crippen LogP contribution in [0, 0.1) is 5.92 Å². The molecule has 50 heavy (non-hydrogen) atoms. The quantitative estimate of drug-likeness (QED) is 0.0668. The van der Waals surface area contributed by atoms with E-state index in [1.165, 1.54) is 24.3 Å². The van der Waals surface area contributed by atoms with Crippen LogP contribution in [0.5, 0.6) is 0 Å².